The van der Waals surface area contributed by atoms with Crippen LogP contribution in [-0.4, -0.2) is 33.3 Å². The van der Waals surface area contributed by atoms with Crippen molar-refractivity contribution in [3.63, 3.8) is 0 Å². The molecule has 130 valence electrons. The molecule has 2 aromatic carbocycles. The maximum absolute atomic E-state index is 11.6. The third-order valence-electron chi connectivity index (χ3n) is 4.73. The summed E-state index contributed by atoms with van der Waals surface area (Å²) >= 11 is 0. The smallest absolute Gasteiger partial charge is 0.336 e. The molecule has 2 aromatic rings. The highest BCUT2D eigenvalue weighted by Gasteiger charge is 2.39. The molecule has 1 aliphatic heterocycles. The molecular weight excluding hydrogens is 322 g/mol. The fourth-order valence-electron chi connectivity index (χ4n) is 3.60. The lowest BCUT2D eigenvalue weighted by atomic mass is 9.89. The van der Waals surface area contributed by atoms with E-state index in [1.54, 1.807) is 24.3 Å². The molecule has 6 nitrogen and oxygen atoms in total. The highest BCUT2D eigenvalue weighted by molar-refractivity contribution is 5.93. The van der Waals surface area contributed by atoms with Crippen LogP contribution in [0.3, 0.4) is 0 Å². The highest BCUT2D eigenvalue weighted by atomic mass is 16.4. The molecule has 1 aliphatic rings. The highest BCUT2D eigenvalue weighted by Crippen LogP contribution is 2.45. The Morgan fingerprint density at radius 2 is 1.84 bits per heavy atom. The molecule has 2 unspecified atom stereocenters. The van der Waals surface area contributed by atoms with Crippen molar-refractivity contribution in [3.05, 3.63) is 59.2 Å². The molecule has 1 heterocycles. The molecule has 25 heavy (non-hydrogen) atoms. The van der Waals surface area contributed by atoms with E-state index in [0.29, 0.717) is 12.1 Å². The van der Waals surface area contributed by atoms with Gasteiger partial charge in [-0.25, -0.2) is 4.79 Å². The quantitative estimate of drug-likeness (QED) is 0.773. The Kier molecular flexibility index (Phi) is 4.35. The van der Waals surface area contributed by atoms with Crippen molar-refractivity contribution in [1.29, 1.82) is 0 Å². The van der Waals surface area contributed by atoms with Crippen molar-refractivity contribution in [2.45, 2.75) is 31.8 Å². The summed E-state index contributed by atoms with van der Waals surface area (Å²) in [6, 6.07) is 11.7. The summed E-state index contributed by atoms with van der Waals surface area (Å²) in [7, 11) is 0. The number of carboxylic acid groups (broad SMARTS) is 2. The number of aromatic hydroxyl groups is 1. The van der Waals surface area contributed by atoms with Crippen LogP contribution >= 0.6 is 0 Å². The lowest BCUT2D eigenvalue weighted by molar-refractivity contribution is -0.137. The molecule has 0 aromatic heterocycles. The largest absolute Gasteiger partial charge is 0.508 e. The average molecular weight is 341 g/mol. The van der Waals surface area contributed by atoms with Gasteiger partial charge in [-0.05, 0) is 42.3 Å². The molecule has 0 saturated carbocycles. The van der Waals surface area contributed by atoms with Gasteiger partial charge in [-0.15, -0.1) is 0 Å². The predicted molar refractivity (Wildman–Crippen MR) is 92.1 cm³/mol. The van der Waals surface area contributed by atoms with E-state index >= 15 is 0 Å². The van der Waals surface area contributed by atoms with Gasteiger partial charge in [0.05, 0.1) is 12.0 Å². The van der Waals surface area contributed by atoms with Crippen LogP contribution in [0.1, 0.15) is 40.7 Å². The summed E-state index contributed by atoms with van der Waals surface area (Å²) in [6.45, 7) is 2.36. The van der Waals surface area contributed by atoms with E-state index in [4.69, 9.17) is 0 Å². The van der Waals surface area contributed by atoms with Crippen molar-refractivity contribution < 1.29 is 24.9 Å². The number of carbonyl (C=O) groups is 2. The first kappa shape index (κ1) is 16.8. The minimum atomic E-state index is -1.06. The van der Waals surface area contributed by atoms with E-state index in [-0.39, 0.29) is 23.8 Å². The Morgan fingerprint density at radius 3 is 2.48 bits per heavy atom. The fourth-order valence-corrected chi connectivity index (χ4v) is 3.60. The molecule has 0 bridgehead atoms. The standard InChI is InChI=1S/C19H19NO5/c1-11-15(9-17(22)23)18-14(19(24)25)6-3-7-16(18)20(11)10-12-4-2-5-13(21)8-12/h2-8,11,15,21H,9-10H2,1H3,(H,22,23)(H,24,25). The number of nitrogens with zero attached hydrogens (tertiary/aromatic N) is 1. The molecule has 0 fully saturated rings. The maximum atomic E-state index is 11.6. The van der Waals surface area contributed by atoms with E-state index < -0.39 is 17.9 Å². The normalized spacial score (nSPS) is 18.8. The van der Waals surface area contributed by atoms with Gasteiger partial charge >= 0.3 is 11.9 Å². The van der Waals surface area contributed by atoms with Crippen molar-refractivity contribution in [2.24, 2.45) is 0 Å². The van der Waals surface area contributed by atoms with E-state index in [2.05, 4.69) is 0 Å². The molecular formula is C19H19NO5. The van der Waals surface area contributed by atoms with Crippen LogP contribution < -0.4 is 4.90 Å². The molecule has 0 amide bonds. The first-order valence-corrected chi connectivity index (χ1v) is 8.01. The Labute approximate surface area is 145 Å². The van der Waals surface area contributed by atoms with Crippen LogP contribution in [0.15, 0.2) is 42.5 Å². The van der Waals surface area contributed by atoms with Crippen molar-refractivity contribution in [3.8, 4) is 5.75 Å². The predicted octanol–water partition coefficient (Wildman–Crippen LogP) is 3.06. The third kappa shape index (κ3) is 3.15. The zero-order chi connectivity index (χ0) is 18.1. The van der Waals surface area contributed by atoms with Crippen molar-refractivity contribution in [2.75, 3.05) is 4.90 Å². The van der Waals surface area contributed by atoms with Gasteiger partial charge in [0.25, 0.3) is 0 Å². The molecule has 0 saturated heterocycles. The van der Waals surface area contributed by atoms with Crippen LogP contribution in [0.2, 0.25) is 0 Å². The number of hydrogen-bond acceptors (Lipinski definition) is 4. The van der Waals surface area contributed by atoms with Crippen LogP contribution in [0, 0.1) is 0 Å². The topological polar surface area (TPSA) is 98.1 Å². The van der Waals surface area contributed by atoms with Gasteiger partial charge in [0.1, 0.15) is 5.75 Å². The average Bonchev–Trinajstić information content (AvgIpc) is 2.80. The minimum Gasteiger partial charge on any atom is -0.508 e. The SMILES string of the molecule is CC1C(CC(=O)O)c2c(C(=O)O)cccc2N1Cc1cccc(O)c1. The summed E-state index contributed by atoms with van der Waals surface area (Å²) in [6.07, 6.45) is -0.130. The van der Waals surface area contributed by atoms with Gasteiger partial charge in [-0.1, -0.05) is 18.2 Å². The van der Waals surface area contributed by atoms with E-state index in [0.717, 1.165) is 11.3 Å². The lowest BCUT2D eigenvalue weighted by Crippen LogP contribution is -2.31. The number of aromatic carboxylic acids is 1. The summed E-state index contributed by atoms with van der Waals surface area (Å²) in [4.78, 5) is 24.9. The van der Waals surface area contributed by atoms with E-state index in [1.165, 1.54) is 6.07 Å². The number of rotatable bonds is 5. The van der Waals surface area contributed by atoms with Gasteiger partial charge in [0.15, 0.2) is 0 Å². The number of benzene rings is 2. The fraction of sp³-hybridized carbons (Fsp3) is 0.263. The molecule has 0 spiro atoms. The summed E-state index contributed by atoms with van der Waals surface area (Å²) in [5, 5.41) is 28.4. The number of aliphatic carboxylic acids is 1. The molecule has 3 rings (SSSR count). The Morgan fingerprint density at radius 1 is 1.12 bits per heavy atom. The van der Waals surface area contributed by atoms with Gasteiger partial charge in [0, 0.05) is 24.2 Å². The molecule has 2 atom stereocenters. The number of fused-ring (bicyclic) bond motifs is 1. The Bertz CT molecular complexity index is 832. The second kappa shape index (κ2) is 6.47. The van der Waals surface area contributed by atoms with Gasteiger partial charge < -0.3 is 20.2 Å². The van der Waals surface area contributed by atoms with Gasteiger partial charge in [0.2, 0.25) is 0 Å². The van der Waals surface area contributed by atoms with E-state index in [9.17, 15) is 24.9 Å². The first-order chi connectivity index (χ1) is 11.9. The van der Waals surface area contributed by atoms with Gasteiger partial charge in [-0.3, -0.25) is 4.79 Å². The number of anilines is 1. The molecule has 0 aliphatic carbocycles. The van der Waals surface area contributed by atoms with Crippen LogP contribution in [0.5, 0.6) is 5.75 Å². The monoisotopic (exact) mass is 341 g/mol. The van der Waals surface area contributed by atoms with Crippen LogP contribution in [0.4, 0.5) is 5.69 Å². The Hall–Kier alpha value is -3.02. The van der Waals surface area contributed by atoms with E-state index in [1.807, 2.05) is 24.0 Å². The summed E-state index contributed by atoms with van der Waals surface area (Å²) in [5.74, 6) is -2.26. The number of phenols is 1. The van der Waals surface area contributed by atoms with Crippen LogP contribution in [0.25, 0.3) is 0 Å². The van der Waals surface area contributed by atoms with Crippen molar-refractivity contribution >= 4 is 17.6 Å². The summed E-state index contributed by atoms with van der Waals surface area (Å²) < 4.78 is 0. The first-order valence-electron chi connectivity index (χ1n) is 8.01. The molecule has 0 radical (unpaired) electrons. The molecule has 6 heteroatoms. The maximum Gasteiger partial charge on any atom is 0.336 e. The second-order valence-corrected chi connectivity index (χ2v) is 6.29. The third-order valence-corrected chi connectivity index (χ3v) is 4.73. The second-order valence-electron chi connectivity index (χ2n) is 6.29. The Balaban J connectivity index is 2.05. The van der Waals surface area contributed by atoms with Crippen LogP contribution in [-0.2, 0) is 11.3 Å². The molecule has 3 N–H and O–H groups in total. The number of carboxylic acids is 2. The zero-order valence-electron chi connectivity index (χ0n) is 13.7. The lowest BCUT2D eigenvalue weighted by Gasteiger charge is -2.27. The zero-order valence-corrected chi connectivity index (χ0v) is 13.7. The minimum absolute atomic E-state index is 0.130. The summed E-state index contributed by atoms with van der Waals surface area (Å²) in [5.41, 5.74) is 2.33. The van der Waals surface area contributed by atoms with Gasteiger partial charge in [-0.2, -0.15) is 0 Å². The number of hydrogen-bond donors (Lipinski definition) is 3. The number of phenolic OH excluding ortho intramolecular Hbond substituents is 1. The van der Waals surface area contributed by atoms with Crippen molar-refractivity contribution in [1.82, 2.24) is 0 Å².